The van der Waals surface area contributed by atoms with Gasteiger partial charge in [-0.05, 0) is 24.7 Å². The summed E-state index contributed by atoms with van der Waals surface area (Å²) in [7, 11) is 0. The van der Waals surface area contributed by atoms with Crippen molar-refractivity contribution in [1.82, 2.24) is 5.32 Å². The predicted molar refractivity (Wildman–Crippen MR) is 102 cm³/mol. The maximum Gasteiger partial charge on any atom is 0.302 e. The Morgan fingerprint density at radius 1 is 1.00 bits per heavy atom. The Morgan fingerprint density at radius 2 is 1.63 bits per heavy atom. The first kappa shape index (κ1) is 23.9. The average molecular weight is 388 g/mol. The van der Waals surface area contributed by atoms with E-state index in [4.69, 9.17) is 19.3 Å². The number of nitrogens with one attached hydrogen (secondary N) is 1. The van der Waals surface area contributed by atoms with Crippen molar-refractivity contribution in [3.8, 4) is 0 Å². The minimum absolute atomic E-state index is 0.112. The van der Waals surface area contributed by atoms with Crippen LogP contribution in [-0.4, -0.2) is 55.2 Å². The van der Waals surface area contributed by atoms with Gasteiger partial charge in [-0.2, -0.15) is 0 Å². The van der Waals surface area contributed by atoms with Gasteiger partial charge in [0.1, 0.15) is 6.61 Å². The molecule has 1 amide bonds. The number of aliphatic hydroxyl groups is 1. The lowest BCUT2D eigenvalue weighted by atomic mass is 9.82. The van der Waals surface area contributed by atoms with Crippen molar-refractivity contribution >= 4 is 11.9 Å². The summed E-state index contributed by atoms with van der Waals surface area (Å²) in [6.45, 7) is 7.98. The van der Waals surface area contributed by atoms with E-state index in [2.05, 4.69) is 12.2 Å². The van der Waals surface area contributed by atoms with Gasteiger partial charge in [0.05, 0.1) is 12.1 Å². The summed E-state index contributed by atoms with van der Waals surface area (Å²) < 4.78 is 17.1. The van der Waals surface area contributed by atoms with Crippen LogP contribution in [0, 0.1) is 11.8 Å². The van der Waals surface area contributed by atoms with Crippen molar-refractivity contribution in [2.75, 3.05) is 19.8 Å². The zero-order valence-corrected chi connectivity index (χ0v) is 17.2. The van der Waals surface area contributed by atoms with E-state index in [0.717, 1.165) is 38.5 Å². The molecule has 7 nitrogen and oxygen atoms in total. The van der Waals surface area contributed by atoms with Gasteiger partial charge in [-0.25, -0.2) is 0 Å². The highest BCUT2D eigenvalue weighted by Gasteiger charge is 2.42. The minimum atomic E-state index is -0.546. The second kappa shape index (κ2) is 13.1. The summed E-state index contributed by atoms with van der Waals surface area (Å²) >= 11 is 0. The summed E-state index contributed by atoms with van der Waals surface area (Å²) in [6.07, 6.45) is 5.34. The highest BCUT2D eigenvalue weighted by atomic mass is 16.7. The summed E-state index contributed by atoms with van der Waals surface area (Å²) in [5.41, 5.74) is 0. The van der Waals surface area contributed by atoms with E-state index >= 15 is 0 Å². The molecule has 1 rings (SSSR count). The molecule has 7 heteroatoms. The van der Waals surface area contributed by atoms with Crippen molar-refractivity contribution in [2.45, 2.75) is 84.7 Å². The van der Waals surface area contributed by atoms with E-state index in [9.17, 15) is 9.59 Å². The molecule has 2 N–H and O–H groups in total. The van der Waals surface area contributed by atoms with Gasteiger partial charge in [0.2, 0.25) is 5.91 Å². The zero-order chi connectivity index (χ0) is 20.2. The molecule has 27 heavy (non-hydrogen) atoms. The molecular formula is C20H37NO6. The third-order valence-corrected chi connectivity index (χ3v) is 5.24. The lowest BCUT2D eigenvalue weighted by Gasteiger charge is -2.44. The Morgan fingerprint density at radius 3 is 2.22 bits per heavy atom. The Hall–Kier alpha value is -1.18. The standard InChI is InChI=1S/C20H37NO6/c1-14-15(2)19(21-16(3)23)20(27-18(14)13-26-17(4)24)25-12-10-8-6-5-7-9-11-22/h14-15,18-20,22H,5-13H2,1-4H3,(H,21,23). The predicted octanol–water partition coefficient (Wildman–Crippen LogP) is 2.40. The second-order valence-corrected chi connectivity index (χ2v) is 7.51. The third-order valence-electron chi connectivity index (χ3n) is 5.24. The fourth-order valence-corrected chi connectivity index (χ4v) is 3.38. The fraction of sp³-hybridized carbons (Fsp3) is 0.900. The molecule has 5 atom stereocenters. The Labute approximate surface area is 163 Å². The molecule has 0 radical (unpaired) electrons. The molecular weight excluding hydrogens is 350 g/mol. The summed E-state index contributed by atoms with van der Waals surface area (Å²) in [5, 5.41) is 11.7. The van der Waals surface area contributed by atoms with Crippen LogP contribution in [0.2, 0.25) is 0 Å². The van der Waals surface area contributed by atoms with E-state index in [0.29, 0.717) is 6.61 Å². The van der Waals surface area contributed by atoms with Crippen LogP contribution < -0.4 is 5.32 Å². The van der Waals surface area contributed by atoms with Crippen molar-refractivity contribution in [1.29, 1.82) is 0 Å². The Bertz CT molecular complexity index is 442. The molecule has 0 saturated carbocycles. The van der Waals surface area contributed by atoms with E-state index in [-0.39, 0.29) is 49.1 Å². The number of rotatable bonds is 12. The fourth-order valence-electron chi connectivity index (χ4n) is 3.38. The highest BCUT2D eigenvalue weighted by Crippen LogP contribution is 2.31. The van der Waals surface area contributed by atoms with Gasteiger partial charge < -0.3 is 24.6 Å². The Kier molecular flexibility index (Phi) is 11.6. The van der Waals surface area contributed by atoms with Gasteiger partial charge in [0.15, 0.2) is 6.29 Å². The number of carbonyl (C=O) groups is 2. The van der Waals surface area contributed by atoms with Crippen LogP contribution in [0.5, 0.6) is 0 Å². The van der Waals surface area contributed by atoms with E-state index in [1.165, 1.54) is 13.8 Å². The molecule has 1 fully saturated rings. The molecule has 0 aliphatic carbocycles. The molecule has 158 valence electrons. The topological polar surface area (TPSA) is 94.1 Å². The second-order valence-electron chi connectivity index (χ2n) is 7.51. The molecule has 0 spiro atoms. The van der Waals surface area contributed by atoms with E-state index in [1.807, 2.05) is 6.92 Å². The SMILES string of the molecule is CC(=O)NC1C(OCCCCCCCCO)OC(COC(C)=O)C(C)C1C. The zero-order valence-electron chi connectivity index (χ0n) is 17.2. The van der Waals surface area contributed by atoms with Crippen molar-refractivity contribution < 1.29 is 28.9 Å². The normalized spacial score (nSPS) is 28.0. The molecule has 1 heterocycles. The number of amides is 1. The Balaban J connectivity index is 2.51. The minimum Gasteiger partial charge on any atom is -0.463 e. The summed E-state index contributed by atoms with van der Waals surface area (Å²) in [4.78, 5) is 22.7. The van der Waals surface area contributed by atoms with Crippen LogP contribution in [0.15, 0.2) is 0 Å². The molecule has 0 aromatic heterocycles. The number of unbranched alkanes of at least 4 members (excludes halogenated alkanes) is 5. The van der Waals surface area contributed by atoms with Crippen LogP contribution in [0.4, 0.5) is 0 Å². The molecule has 1 saturated heterocycles. The smallest absolute Gasteiger partial charge is 0.302 e. The van der Waals surface area contributed by atoms with Crippen LogP contribution in [-0.2, 0) is 23.8 Å². The van der Waals surface area contributed by atoms with Gasteiger partial charge >= 0.3 is 5.97 Å². The number of hydrogen-bond acceptors (Lipinski definition) is 6. The van der Waals surface area contributed by atoms with Crippen molar-refractivity contribution in [3.63, 3.8) is 0 Å². The lowest BCUT2D eigenvalue weighted by molar-refractivity contribution is -0.244. The number of carbonyl (C=O) groups excluding carboxylic acids is 2. The van der Waals surface area contributed by atoms with Crippen molar-refractivity contribution in [2.24, 2.45) is 11.8 Å². The first-order valence-corrected chi connectivity index (χ1v) is 10.1. The van der Waals surface area contributed by atoms with Crippen molar-refractivity contribution in [3.05, 3.63) is 0 Å². The molecule has 0 bridgehead atoms. The number of ether oxygens (including phenoxy) is 3. The van der Waals surface area contributed by atoms with Crippen LogP contribution >= 0.6 is 0 Å². The summed E-state index contributed by atoms with van der Waals surface area (Å²) in [6, 6.07) is -0.226. The lowest BCUT2D eigenvalue weighted by Crippen LogP contribution is -2.58. The van der Waals surface area contributed by atoms with Crippen LogP contribution in [0.1, 0.15) is 66.2 Å². The molecule has 1 aliphatic heterocycles. The maximum atomic E-state index is 11.6. The quantitative estimate of drug-likeness (QED) is 0.394. The van der Waals surface area contributed by atoms with Crippen LogP contribution in [0.3, 0.4) is 0 Å². The molecule has 0 aromatic carbocycles. The molecule has 0 aromatic rings. The van der Waals surface area contributed by atoms with E-state index in [1.54, 1.807) is 0 Å². The molecule has 5 unspecified atom stereocenters. The number of hydrogen-bond donors (Lipinski definition) is 2. The maximum absolute atomic E-state index is 11.6. The van der Waals surface area contributed by atoms with Gasteiger partial charge in [-0.1, -0.05) is 39.5 Å². The first-order valence-electron chi connectivity index (χ1n) is 10.1. The third kappa shape index (κ3) is 9.04. The van der Waals surface area contributed by atoms with Gasteiger partial charge in [0.25, 0.3) is 0 Å². The number of aliphatic hydroxyl groups excluding tert-OH is 1. The van der Waals surface area contributed by atoms with E-state index < -0.39 is 6.29 Å². The van der Waals surface area contributed by atoms with Gasteiger partial charge in [-0.3, -0.25) is 9.59 Å². The number of esters is 1. The highest BCUT2D eigenvalue weighted by molar-refractivity contribution is 5.73. The largest absolute Gasteiger partial charge is 0.463 e. The average Bonchev–Trinajstić information content (AvgIpc) is 2.61. The first-order chi connectivity index (χ1) is 12.9. The summed E-state index contributed by atoms with van der Waals surface area (Å²) in [5.74, 6) is -0.195. The van der Waals surface area contributed by atoms with Gasteiger partial charge in [0, 0.05) is 27.1 Å². The van der Waals surface area contributed by atoms with Gasteiger partial charge in [-0.15, -0.1) is 0 Å². The van der Waals surface area contributed by atoms with Crippen LogP contribution in [0.25, 0.3) is 0 Å². The molecule has 1 aliphatic rings. The monoisotopic (exact) mass is 387 g/mol.